The van der Waals surface area contributed by atoms with E-state index in [-0.39, 0.29) is 5.75 Å². The first-order valence-electron chi connectivity index (χ1n) is 4.92. The maximum absolute atomic E-state index is 10.7. The molecule has 4 heteroatoms. The number of hydrogen-bond donors (Lipinski definition) is 3. The van der Waals surface area contributed by atoms with E-state index in [9.17, 15) is 4.79 Å². The maximum atomic E-state index is 10.7. The average Bonchev–Trinajstić information content (AvgIpc) is 2.20. The summed E-state index contributed by atoms with van der Waals surface area (Å²) in [5.74, 6) is -0.201. The number of aromatic hydroxyl groups is 1. The largest absolute Gasteiger partial charge is 0.508 e. The van der Waals surface area contributed by atoms with Gasteiger partial charge >= 0.3 is 0 Å². The van der Waals surface area contributed by atoms with Gasteiger partial charge in [0.05, 0.1) is 6.04 Å². The minimum atomic E-state index is -0.554. The minimum Gasteiger partial charge on any atom is -0.508 e. The molecular formula is C11H16N2O2. The van der Waals surface area contributed by atoms with Crippen molar-refractivity contribution in [2.75, 3.05) is 0 Å². The molecule has 0 fully saturated rings. The zero-order valence-electron chi connectivity index (χ0n) is 8.52. The highest BCUT2D eigenvalue weighted by atomic mass is 16.3. The second kappa shape index (κ2) is 5.36. The van der Waals surface area contributed by atoms with Crippen LogP contribution in [0.5, 0.6) is 5.75 Å². The molecule has 0 aliphatic carbocycles. The van der Waals surface area contributed by atoms with Crippen LogP contribution < -0.4 is 11.5 Å². The van der Waals surface area contributed by atoms with Crippen molar-refractivity contribution < 1.29 is 9.90 Å². The van der Waals surface area contributed by atoms with Crippen molar-refractivity contribution in [2.24, 2.45) is 11.5 Å². The van der Waals surface area contributed by atoms with E-state index in [4.69, 9.17) is 16.6 Å². The molecule has 0 saturated heterocycles. The SMILES string of the molecule is NC(=O)C(N)CCCc1ccc(O)cc1. The first-order chi connectivity index (χ1) is 7.09. The topological polar surface area (TPSA) is 89.3 Å². The lowest BCUT2D eigenvalue weighted by atomic mass is 10.0. The normalized spacial score (nSPS) is 12.3. The summed E-state index contributed by atoms with van der Waals surface area (Å²) in [7, 11) is 0. The van der Waals surface area contributed by atoms with E-state index >= 15 is 0 Å². The van der Waals surface area contributed by atoms with Crippen molar-refractivity contribution in [3.05, 3.63) is 29.8 Å². The van der Waals surface area contributed by atoms with Gasteiger partial charge in [0.25, 0.3) is 0 Å². The number of phenols is 1. The van der Waals surface area contributed by atoms with Crippen LogP contribution in [0.25, 0.3) is 0 Å². The minimum absolute atomic E-state index is 0.257. The summed E-state index contributed by atoms with van der Waals surface area (Å²) in [6, 6.07) is 6.44. The van der Waals surface area contributed by atoms with E-state index in [0.717, 1.165) is 18.4 Å². The molecule has 0 bridgehead atoms. The molecule has 15 heavy (non-hydrogen) atoms. The van der Waals surface area contributed by atoms with Crippen LogP contribution in [0.2, 0.25) is 0 Å². The van der Waals surface area contributed by atoms with Crippen molar-refractivity contribution in [1.82, 2.24) is 0 Å². The molecule has 1 atom stereocenters. The molecule has 0 spiro atoms. The Balaban J connectivity index is 2.32. The summed E-state index contributed by atoms with van der Waals surface area (Å²) in [5.41, 5.74) is 11.6. The van der Waals surface area contributed by atoms with Crippen LogP contribution in [0.4, 0.5) is 0 Å². The smallest absolute Gasteiger partial charge is 0.234 e. The Morgan fingerprint density at radius 3 is 2.47 bits per heavy atom. The number of carbonyl (C=O) groups excluding carboxylic acids is 1. The number of aryl methyl sites for hydroxylation is 1. The second-order valence-electron chi connectivity index (χ2n) is 3.57. The summed E-state index contributed by atoms with van der Waals surface area (Å²) in [6.07, 6.45) is 2.24. The van der Waals surface area contributed by atoms with Gasteiger partial charge in [0.2, 0.25) is 5.91 Å². The molecule has 4 nitrogen and oxygen atoms in total. The predicted molar refractivity (Wildman–Crippen MR) is 58.2 cm³/mol. The first kappa shape index (κ1) is 11.5. The Kier molecular flexibility index (Phi) is 4.12. The number of benzene rings is 1. The van der Waals surface area contributed by atoms with E-state index in [1.807, 2.05) is 12.1 Å². The van der Waals surface area contributed by atoms with Crippen LogP contribution in [-0.2, 0) is 11.2 Å². The molecule has 0 heterocycles. The molecule has 1 rings (SSSR count). The molecular weight excluding hydrogens is 192 g/mol. The van der Waals surface area contributed by atoms with Crippen molar-refractivity contribution in [2.45, 2.75) is 25.3 Å². The fraction of sp³-hybridized carbons (Fsp3) is 0.364. The Labute approximate surface area is 88.9 Å². The van der Waals surface area contributed by atoms with Gasteiger partial charge in [0.15, 0.2) is 0 Å². The number of hydrogen-bond acceptors (Lipinski definition) is 3. The van der Waals surface area contributed by atoms with Gasteiger partial charge in [-0.25, -0.2) is 0 Å². The quantitative estimate of drug-likeness (QED) is 0.659. The molecule has 0 radical (unpaired) electrons. The summed E-state index contributed by atoms with van der Waals surface area (Å²) in [5, 5.41) is 9.06. The lowest BCUT2D eigenvalue weighted by Gasteiger charge is -2.06. The molecule has 0 aromatic heterocycles. The molecule has 1 unspecified atom stereocenters. The Bertz CT molecular complexity index is 322. The van der Waals surface area contributed by atoms with E-state index in [2.05, 4.69) is 0 Å². The fourth-order valence-electron chi connectivity index (χ4n) is 1.33. The lowest BCUT2D eigenvalue weighted by Crippen LogP contribution is -2.36. The number of nitrogens with two attached hydrogens (primary N) is 2. The Morgan fingerprint density at radius 1 is 1.33 bits per heavy atom. The number of primary amides is 1. The van der Waals surface area contributed by atoms with Crippen LogP contribution in [-0.4, -0.2) is 17.1 Å². The summed E-state index contributed by atoms with van der Waals surface area (Å²) >= 11 is 0. The standard InChI is InChI=1S/C11H16N2O2/c12-10(11(13)15)3-1-2-8-4-6-9(14)7-5-8/h4-7,10,14H,1-3,12H2,(H2,13,15). The monoisotopic (exact) mass is 208 g/mol. The van der Waals surface area contributed by atoms with Gasteiger partial charge < -0.3 is 16.6 Å². The molecule has 0 saturated carbocycles. The highest BCUT2D eigenvalue weighted by Crippen LogP contribution is 2.12. The lowest BCUT2D eigenvalue weighted by molar-refractivity contribution is -0.119. The highest BCUT2D eigenvalue weighted by Gasteiger charge is 2.07. The Hall–Kier alpha value is -1.55. The van der Waals surface area contributed by atoms with E-state index in [0.29, 0.717) is 6.42 Å². The maximum Gasteiger partial charge on any atom is 0.234 e. The van der Waals surface area contributed by atoms with Gasteiger partial charge in [-0.1, -0.05) is 12.1 Å². The van der Waals surface area contributed by atoms with E-state index in [1.54, 1.807) is 12.1 Å². The summed E-state index contributed by atoms with van der Waals surface area (Å²) in [4.78, 5) is 10.7. The zero-order chi connectivity index (χ0) is 11.3. The first-order valence-corrected chi connectivity index (χ1v) is 4.92. The molecule has 1 amide bonds. The highest BCUT2D eigenvalue weighted by molar-refractivity contribution is 5.79. The van der Waals surface area contributed by atoms with Gasteiger partial charge in [0.1, 0.15) is 5.75 Å². The third-order valence-corrected chi connectivity index (χ3v) is 2.28. The van der Waals surface area contributed by atoms with Crippen molar-refractivity contribution >= 4 is 5.91 Å². The summed E-state index contributed by atoms with van der Waals surface area (Å²) < 4.78 is 0. The second-order valence-corrected chi connectivity index (χ2v) is 3.57. The molecule has 5 N–H and O–H groups in total. The van der Waals surface area contributed by atoms with Gasteiger partial charge in [0, 0.05) is 0 Å². The molecule has 82 valence electrons. The van der Waals surface area contributed by atoms with Crippen molar-refractivity contribution in [3.63, 3.8) is 0 Å². The molecule has 0 aliphatic rings. The Morgan fingerprint density at radius 2 is 1.93 bits per heavy atom. The number of carbonyl (C=O) groups is 1. The van der Waals surface area contributed by atoms with E-state index < -0.39 is 11.9 Å². The van der Waals surface area contributed by atoms with E-state index in [1.165, 1.54) is 0 Å². The van der Waals surface area contributed by atoms with Crippen molar-refractivity contribution in [1.29, 1.82) is 0 Å². The molecule has 0 aliphatic heterocycles. The zero-order valence-corrected chi connectivity index (χ0v) is 8.52. The van der Waals surface area contributed by atoms with Crippen LogP contribution in [0, 0.1) is 0 Å². The van der Waals surface area contributed by atoms with Crippen LogP contribution >= 0.6 is 0 Å². The number of phenolic OH excluding ortho intramolecular Hbond substituents is 1. The van der Waals surface area contributed by atoms with Crippen LogP contribution in [0.15, 0.2) is 24.3 Å². The van der Waals surface area contributed by atoms with Gasteiger partial charge in [-0.3, -0.25) is 4.79 Å². The number of amides is 1. The van der Waals surface area contributed by atoms with Crippen LogP contribution in [0.3, 0.4) is 0 Å². The van der Waals surface area contributed by atoms with Crippen molar-refractivity contribution in [3.8, 4) is 5.75 Å². The molecule has 1 aromatic rings. The number of rotatable bonds is 5. The van der Waals surface area contributed by atoms with Gasteiger partial charge in [-0.2, -0.15) is 0 Å². The van der Waals surface area contributed by atoms with Crippen LogP contribution in [0.1, 0.15) is 18.4 Å². The fourth-order valence-corrected chi connectivity index (χ4v) is 1.33. The summed E-state index contributed by atoms with van der Waals surface area (Å²) in [6.45, 7) is 0. The average molecular weight is 208 g/mol. The van der Waals surface area contributed by atoms with Gasteiger partial charge in [-0.05, 0) is 37.0 Å². The third-order valence-electron chi connectivity index (χ3n) is 2.28. The van der Waals surface area contributed by atoms with Gasteiger partial charge in [-0.15, -0.1) is 0 Å². The molecule has 1 aromatic carbocycles. The predicted octanol–water partition coefficient (Wildman–Crippen LogP) is 0.527. The third kappa shape index (κ3) is 3.99.